The summed E-state index contributed by atoms with van der Waals surface area (Å²) < 4.78 is 0. The van der Waals surface area contributed by atoms with E-state index in [1.165, 1.54) is 143 Å². The van der Waals surface area contributed by atoms with Crippen LogP contribution < -0.4 is 4.90 Å². The zero-order valence-corrected chi connectivity index (χ0v) is 43.8. The van der Waals surface area contributed by atoms with Gasteiger partial charge in [-0.2, -0.15) is 0 Å². The SMILES string of the molecule is Cc1ccc(N(c2ccc3c(c2)C(C)(C)c2cc(-c4c5ccccc5c(-c5ccc6c(c5)C(c5ccccc5)(c5ccccc5)c5ccccc5-6)c5ccccc45)ccc2-3)c2ccc(C)c3ccccc23)c2ccccc12. The number of hydrogen-bond acceptors (Lipinski definition) is 1. The molecular weight excluding hydrogens is 927 g/mol. The van der Waals surface area contributed by atoms with Gasteiger partial charge in [-0.25, -0.2) is 0 Å². The molecular formula is C76H55N. The number of benzene rings is 13. The Kier molecular flexibility index (Phi) is 10.0. The molecule has 0 atom stereocenters. The third-order valence-corrected chi connectivity index (χ3v) is 17.6. The summed E-state index contributed by atoms with van der Waals surface area (Å²) in [7, 11) is 0. The smallest absolute Gasteiger partial charge is 0.0713 e. The predicted molar refractivity (Wildman–Crippen MR) is 326 cm³/mol. The Bertz CT molecular complexity index is 4380. The predicted octanol–water partition coefficient (Wildman–Crippen LogP) is 20.4. The Morgan fingerprint density at radius 2 is 0.662 bits per heavy atom. The molecule has 0 N–H and O–H groups in total. The van der Waals surface area contributed by atoms with Crippen LogP contribution >= 0.6 is 0 Å². The summed E-state index contributed by atoms with van der Waals surface area (Å²) in [5, 5.41) is 10.0. The fourth-order valence-electron chi connectivity index (χ4n) is 14.0. The average molecular weight is 982 g/mol. The minimum Gasteiger partial charge on any atom is -0.309 e. The van der Waals surface area contributed by atoms with Crippen molar-refractivity contribution in [3.8, 4) is 44.5 Å². The average Bonchev–Trinajstić information content (AvgIpc) is 4.07. The van der Waals surface area contributed by atoms with Gasteiger partial charge in [0.25, 0.3) is 0 Å². The lowest BCUT2D eigenvalue weighted by Gasteiger charge is -2.34. The first-order valence-corrected chi connectivity index (χ1v) is 27.2. The van der Waals surface area contributed by atoms with Crippen LogP contribution in [0.1, 0.15) is 58.4 Å². The van der Waals surface area contributed by atoms with Gasteiger partial charge < -0.3 is 4.90 Å². The third kappa shape index (κ3) is 6.54. The molecule has 0 saturated carbocycles. The van der Waals surface area contributed by atoms with Crippen LogP contribution in [0.3, 0.4) is 0 Å². The fourth-order valence-corrected chi connectivity index (χ4v) is 14.0. The molecule has 13 aromatic carbocycles. The van der Waals surface area contributed by atoms with Crippen molar-refractivity contribution in [1.29, 1.82) is 0 Å². The first-order valence-electron chi connectivity index (χ1n) is 27.2. The zero-order chi connectivity index (χ0) is 51.6. The van der Waals surface area contributed by atoms with Crippen molar-refractivity contribution in [2.45, 2.75) is 38.5 Å². The van der Waals surface area contributed by atoms with Crippen LogP contribution in [0.15, 0.2) is 261 Å². The second-order valence-corrected chi connectivity index (χ2v) is 22.0. The zero-order valence-electron chi connectivity index (χ0n) is 43.8. The molecule has 0 saturated heterocycles. The highest BCUT2D eigenvalue weighted by Gasteiger charge is 2.46. The molecule has 0 unspecified atom stereocenters. The van der Waals surface area contributed by atoms with Crippen LogP contribution in [0.2, 0.25) is 0 Å². The van der Waals surface area contributed by atoms with Gasteiger partial charge in [0.05, 0.1) is 16.8 Å². The molecule has 0 fully saturated rings. The van der Waals surface area contributed by atoms with Crippen LogP contribution in [0.4, 0.5) is 17.1 Å². The van der Waals surface area contributed by atoms with Gasteiger partial charge in [-0.15, -0.1) is 0 Å². The largest absolute Gasteiger partial charge is 0.309 e. The van der Waals surface area contributed by atoms with E-state index in [1.54, 1.807) is 0 Å². The van der Waals surface area contributed by atoms with Gasteiger partial charge in [0.15, 0.2) is 0 Å². The van der Waals surface area contributed by atoms with E-state index in [4.69, 9.17) is 0 Å². The van der Waals surface area contributed by atoms with Crippen molar-refractivity contribution in [2.75, 3.05) is 4.90 Å². The molecule has 0 amide bonds. The van der Waals surface area contributed by atoms with Crippen LogP contribution in [-0.4, -0.2) is 0 Å². The summed E-state index contributed by atoms with van der Waals surface area (Å²) in [4.78, 5) is 2.51. The molecule has 0 heterocycles. The minimum atomic E-state index is -0.492. The number of rotatable bonds is 7. The van der Waals surface area contributed by atoms with Gasteiger partial charge in [0, 0.05) is 21.9 Å². The van der Waals surface area contributed by atoms with E-state index < -0.39 is 5.41 Å². The van der Waals surface area contributed by atoms with E-state index in [-0.39, 0.29) is 5.41 Å². The van der Waals surface area contributed by atoms with E-state index in [9.17, 15) is 0 Å². The standard InChI is InChI=1S/C76H55N/c1-48-35-43-71(61-28-13-11-25-55(48)61)77(72-44-36-49(2)56-26-12-14-29-62(56)72)54-39-42-59-58-40-37-50(45-68(58)75(3,4)69(59)47-54)73-63-30-15-17-32-65(63)74(66-33-18-16-31-64(66)73)51-38-41-60-57-27-19-20-34-67(57)76(70(60)46-51,52-21-7-5-8-22-52)53-23-9-6-10-24-53/h5-47H,1-4H3. The molecule has 1 nitrogen and oxygen atoms in total. The number of hydrogen-bond donors (Lipinski definition) is 0. The highest BCUT2D eigenvalue weighted by molar-refractivity contribution is 6.22. The third-order valence-electron chi connectivity index (χ3n) is 17.6. The van der Waals surface area contributed by atoms with Crippen LogP contribution in [0.5, 0.6) is 0 Å². The Morgan fingerprint density at radius 3 is 1.17 bits per heavy atom. The maximum Gasteiger partial charge on any atom is 0.0713 e. The second-order valence-electron chi connectivity index (χ2n) is 22.0. The molecule has 0 aliphatic heterocycles. The molecule has 0 spiro atoms. The van der Waals surface area contributed by atoms with Gasteiger partial charge in [-0.3, -0.25) is 0 Å². The van der Waals surface area contributed by atoms with Gasteiger partial charge in [-0.05, 0) is 172 Å². The minimum absolute atomic E-state index is 0.287. The maximum atomic E-state index is 2.52. The monoisotopic (exact) mass is 981 g/mol. The first kappa shape index (κ1) is 45.1. The summed E-state index contributed by atoms with van der Waals surface area (Å²) in [6.07, 6.45) is 0. The number of fused-ring (bicyclic) bond motifs is 10. The quantitative estimate of drug-likeness (QED) is 0.144. The molecule has 0 radical (unpaired) electrons. The van der Waals surface area contributed by atoms with Gasteiger partial charge in [0.2, 0.25) is 0 Å². The van der Waals surface area contributed by atoms with E-state index >= 15 is 0 Å². The summed E-state index contributed by atoms with van der Waals surface area (Å²) in [5.74, 6) is 0. The maximum absolute atomic E-state index is 2.52. The van der Waals surface area contributed by atoms with Crippen molar-refractivity contribution in [3.63, 3.8) is 0 Å². The summed E-state index contributed by atoms with van der Waals surface area (Å²) in [5.41, 5.74) is 23.3. The van der Waals surface area contributed by atoms with E-state index in [2.05, 4.69) is 293 Å². The van der Waals surface area contributed by atoms with Crippen molar-refractivity contribution < 1.29 is 0 Å². The van der Waals surface area contributed by atoms with E-state index in [1.807, 2.05) is 0 Å². The Morgan fingerprint density at radius 1 is 0.286 bits per heavy atom. The lowest BCUT2D eigenvalue weighted by molar-refractivity contribution is 0.660. The molecule has 0 aromatic heterocycles. The van der Waals surface area contributed by atoms with Gasteiger partial charge >= 0.3 is 0 Å². The molecule has 0 bridgehead atoms. The highest BCUT2D eigenvalue weighted by Crippen LogP contribution is 2.58. The lowest BCUT2D eigenvalue weighted by Crippen LogP contribution is -2.28. The molecule has 2 aliphatic rings. The van der Waals surface area contributed by atoms with E-state index in [0.29, 0.717) is 0 Å². The molecule has 2 aliphatic carbocycles. The summed E-state index contributed by atoms with van der Waals surface area (Å²) in [6.45, 7) is 9.29. The Balaban J connectivity index is 0.895. The van der Waals surface area contributed by atoms with E-state index in [0.717, 1.165) is 5.69 Å². The van der Waals surface area contributed by atoms with Gasteiger partial charge in [0.1, 0.15) is 0 Å². The van der Waals surface area contributed by atoms with Crippen LogP contribution in [0, 0.1) is 13.8 Å². The Labute approximate surface area is 451 Å². The molecule has 364 valence electrons. The fraction of sp³-hybridized carbons (Fsp3) is 0.0789. The molecule has 13 aromatic rings. The first-order chi connectivity index (χ1) is 37.8. The lowest BCUT2D eigenvalue weighted by atomic mass is 9.67. The summed E-state index contributed by atoms with van der Waals surface area (Å²) in [6, 6.07) is 98.3. The van der Waals surface area contributed by atoms with Crippen molar-refractivity contribution in [1.82, 2.24) is 0 Å². The van der Waals surface area contributed by atoms with Crippen LogP contribution in [-0.2, 0) is 10.8 Å². The topological polar surface area (TPSA) is 3.24 Å². The van der Waals surface area contributed by atoms with Crippen molar-refractivity contribution in [3.05, 3.63) is 305 Å². The number of aryl methyl sites for hydroxylation is 2. The van der Waals surface area contributed by atoms with Crippen molar-refractivity contribution >= 4 is 60.2 Å². The molecule has 77 heavy (non-hydrogen) atoms. The van der Waals surface area contributed by atoms with Crippen molar-refractivity contribution in [2.24, 2.45) is 0 Å². The van der Waals surface area contributed by atoms with Crippen LogP contribution in [0.25, 0.3) is 87.6 Å². The molecule has 15 rings (SSSR count). The second kappa shape index (κ2) is 17.1. The van der Waals surface area contributed by atoms with Gasteiger partial charge in [-0.1, -0.05) is 238 Å². The highest BCUT2D eigenvalue weighted by atomic mass is 15.1. The Hall–Kier alpha value is -9.30. The normalized spacial score (nSPS) is 13.7. The summed E-state index contributed by atoms with van der Waals surface area (Å²) >= 11 is 0. The molecule has 1 heteroatoms. The number of anilines is 3. The number of nitrogens with zero attached hydrogens (tertiary/aromatic N) is 1.